The van der Waals surface area contributed by atoms with Crippen molar-refractivity contribution in [1.82, 2.24) is 10.2 Å². The number of likely N-dealkylation sites (N-methyl/N-ethyl adjacent to an activating group) is 1. The first kappa shape index (κ1) is 17.0. The van der Waals surface area contributed by atoms with Gasteiger partial charge in [0.15, 0.2) is 0 Å². The van der Waals surface area contributed by atoms with E-state index in [9.17, 15) is 4.79 Å². The van der Waals surface area contributed by atoms with Crippen LogP contribution in [0.2, 0.25) is 0 Å². The molecular weight excluding hydrogens is 276 g/mol. The summed E-state index contributed by atoms with van der Waals surface area (Å²) in [7, 11) is 0. The number of hydrogen-bond donors (Lipinski definition) is 2. The molecule has 122 valence electrons. The monoisotopic (exact) mass is 304 g/mol. The van der Waals surface area contributed by atoms with E-state index in [0.29, 0.717) is 18.1 Å². The van der Waals surface area contributed by atoms with Gasteiger partial charge in [-0.2, -0.15) is 0 Å². The standard InChI is InChI=1S/C18H28N2O2/c1-3-15(10-14-8-6-5-7-9-14)19-16-11-17(12-16)20(4-2)13-18(21)22/h5-9,15-17,19H,3-4,10-13H2,1-2H3,(H,21,22). The van der Waals surface area contributed by atoms with Crippen LogP contribution in [0.5, 0.6) is 0 Å². The maximum absolute atomic E-state index is 10.9. The molecule has 1 aliphatic carbocycles. The van der Waals surface area contributed by atoms with Gasteiger partial charge in [0.05, 0.1) is 6.54 Å². The molecule has 1 saturated carbocycles. The molecule has 1 aromatic rings. The summed E-state index contributed by atoms with van der Waals surface area (Å²) in [4.78, 5) is 12.9. The van der Waals surface area contributed by atoms with E-state index in [1.54, 1.807) is 0 Å². The van der Waals surface area contributed by atoms with E-state index in [1.165, 1.54) is 5.56 Å². The zero-order valence-corrected chi connectivity index (χ0v) is 13.7. The third-order valence-corrected chi connectivity index (χ3v) is 4.66. The molecule has 2 rings (SSSR count). The van der Waals surface area contributed by atoms with Crippen molar-refractivity contribution >= 4 is 5.97 Å². The van der Waals surface area contributed by atoms with Crippen LogP contribution in [0.25, 0.3) is 0 Å². The molecule has 1 atom stereocenters. The van der Waals surface area contributed by atoms with Gasteiger partial charge in [-0.05, 0) is 37.8 Å². The van der Waals surface area contributed by atoms with Gasteiger partial charge in [-0.1, -0.05) is 44.2 Å². The Labute approximate surface area is 133 Å². The van der Waals surface area contributed by atoms with Crippen LogP contribution in [-0.2, 0) is 11.2 Å². The second-order valence-electron chi connectivity index (χ2n) is 6.24. The van der Waals surface area contributed by atoms with Gasteiger partial charge in [0.25, 0.3) is 0 Å². The van der Waals surface area contributed by atoms with E-state index >= 15 is 0 Å². The first-order chi connectivity index (χ1) is 10.6. The van der Waals surface area contributed by atoms with Crippen LogP contribution >= 0.6 is 0 Å². The highest BCUT2D eigenvalue weighted by Gasteiger charge is 2.34. The van der Waals surface area contributed by atoms with E-state index < -0.39 is 5.97 Å². The molecule has 2 N–H and O–H groups in total. The minimum atomic E-state index is -0.728. The Balaban J connectivity index is 1.76. The fourth-order valence-corrected chi connectivity index (χ4v) is 3.25. The maximum atomic E-state index is 10.9. The van der Waals surface area contributed by atoms with Gasteiger partial charge in [-0.15, -0.1) is 0 Å². The summed E-state index contributed by atoms with van der Waals surface area (Å²) in [5.74, 6) is -0.728. The molecule has 1 fully saturated rings. The molecule has 1 unspecified atom stereocenters. The molecule has 0 radical (unpaired) electrons. The average Bonchev–Trinajstić information content (AvgIpc) is 2.48. The van der Waals surface area contributed by atoms with Crippen molar-refractivity contribution in [3.8, 4) is 0 Å². The third-order valence-electron chi connectivity index (χ3n) is 4.66. The lowest BCUT2D eigenvalue weighted by Crippen LogP contribution is -2.55. The van der Waals surface area contributed by atoms with Crippen LogP contribution in [0.1, 0.15) is 38.7 Å². The lowest BCUT2D eigenvalue weighted by Gasteiger charge is -2.43. The largest absolute Gasteiger partial charge is 0.480 e. The molecule has 22 heavy (non-hydrogen) atoms. The Morgan fingerprint density at radius 2 is 2.00 bits per heavy atom. The van der Waals surface area contributed by atoms with Gasteiger partial charge in [-0.25, -0.2) is 0 Å². The second-order valence-corrected chi connectivity index (χ2v) is 6.24. The smallest absolute Gasteiger partial charge is 0.317 e. The second kappa shape index (κ2) is 8.30. The molecule has 1 aliphatic rings. The first-order valence-corrected chi connectivity index (χ1v) is 8.38. The van der Waals surface area contributed by atoms with Gasteiger partial charge in [-0.3, -0.25) is 9.69 Å². The van der Waals surface area contributed by atoms with Crippen molar-refractivity contribution in [3.05, 3.63) is 35.9 Å². The predicted molar refractivity (Wildman–Crippen MR) is 89.1 cm³/mol. The van der Waals surface area contributed by atoms with Gasteiger partial charge >= 0.3 is 5.97 Å². The molecule has 4 nitrogen and oxygen atoms in total. The van der Waals surface area contributed by atoms with Crippen molar-refractivity contribution in [2.75, 3.05) is 13.1 Å². The van der Waals surface area contributed by atoms with E-state index in [0.717, 1.165) is 32.2 Å². The third kappa shape index (κ3) is 4.82. The number of benzene rings is 1. The Kier molecular flexibility index (Phi) is 6.40. The van der Waals surface area contributed by atoms with Crippen molar-refractivity contribution < 1.29 is 9.90 Å². The fraction of sp³-hybridized carbons (Fsp3) is 0.611. The Bertz CT molecular complexity index is 457. The van der Waals surface area contributed by atoms with E-state index in [2.05, 4.69) is 47.5 Å². The highest BCUT2D eigenvalue weighted by molar-refractivity contribution is 5.69. The summed E-state index contributed by atoms with van der Waals surface area (Å²) in [5.41, 5.74) is 1.37. The van der Waals surface area contributed by atoms with Crippen molar-refractivity contribution in [2.45, 2.75) is 57.7 Å². The Morgan fingerprint density at radius 1 is 1.32 bits per heavy atom. The summed E-state index contributed by atoms with van der Waals surface area (Å²) in [6, 6.07) is 12.0. The van der Waals surface area contributed by atoms with E-state index in [4.69, 9.17) is 5.11 Å². The average molecular weight is 304 g/mol. The number of rotatable bonds is 9. The molecule has 0 amide bonds. The summed E-state index contributed by atoms with van der Waals surface area (Å²) in [6.45, 7) is 5.23. The lowest BCUT2D eigenvalue weighted by molar-refractivity contribution is -0.139. The summed E-state index contributed by atoms with van der Waals surface area (Å²) in [6.07, 6.45) is 4.30. The molecule has 0 aliphatic heterocycles. The maximum Gasteiger partial charge on any atom is 0.317 e. The quantitative estimate of drug-likeness (QED) is 0.736. The topological polar surface area (TPSA) is 52.6 Å². The zero-order chi connectivity index (χ0) is 15.9. The molecule has 1 aromatic carbocycles. The first-order valence-electron chi connectivity index (χ1n) is 8.38. The zero-order valence-electron chi connectivity index (χ0n) is 13.7. The number of carboxylic acid groups (broad SMARTS) is 1. The van der Waals surface area contributed by atoms with Crippen molar-refractivity contribution in [2.24, 2.45) is 0 Å². The lowest BCUT2D eigenvalue weighted by atomic mass is 9.84. The summed E-state index contributed by atoms with van der Waals surface area (Å²) >= 11 is 0. The van der Waals surface area contributed by atoms with Crippen LogP contribution in [0, 0.1) is 0 Å². The highest BCUT2D eigenvalue weighted by atomic mass is 16.4. The highest BCUT2D eigenvalue weighted by Crippen LogP contribution is 2.26. The molecule has 0 spiro atoms. The number of aliphatic carboxylic acids is 1. The van der Waals surface area contributed by atoms with Gasteiger partial charge in [0.2, 0.25) is 0 Å². The predicted octanol–water partition coefficient (Wildman–Crippen LogP) is 2.53. The normalized spacial score (nSPS) is 22.3. The molecule has 4 heteroatoms. The van der Waals surface area contributed by atoms with Crippen LogP contribution in [0.4, 0.5) is 0 Å². The van der Waals surface area contributed by atoms with E-state index in [-0.39, 0.29) is 6.54 Å². The molecule has 0 heterocycles. The Hall–Kier alpha value is -1.39. The fourth-order valence-electron chi connectivity index (χ4n) is 3.25. The van der Waals surface area contributed by atoms with Crippen LogP contribution in [0.15, 0.2) is 30.3 Å². The van der Waals surface area contributed by atoms with Gasteiger partial charge < -0.3 is 10.4 Å². The number of hydrogen-bond acceptors (Lipinski definition) is 3. The summed E-state index contributed by atoms with van der Waals surface area (Å²) in [5, 5.41) is 12.7. The van der Waals surface area contributed by atoms with Gasteiger partial charge in [0, 0.05) is 18.1 Å². The van der Waals surface area contributed by atoms with Gasteiger partial charge in [0.1, 0.15) is 0 Å². The molecule has 0 saturated heterocycles. The minimum Gasteiger partial charge on any atom is -0.480 e. The number of carboxylic acids is 1. The number of nitrogens with one attached hydrogen (secondary N) is 1. The number of carbonyl (C=O) groups is 1. The van der Waals surface area contributed by atoms with Crippen molar-refractivity contribution in [1.29, 1.82) is 0 Å². The molecule has 0 bridgehead atoms. The summed E-state index contributed by atoms with van der Waals surface area (Å²) < 4.78 is 0. The number of nitrogens with zero attached hydrogens (tertiary/aromatic N) is 1. The SMILES string of the molecule is CCC(Cc1ccccc1)NC1CC(N(CC)CC(=O)O)C1. The van der Waals surface area contributed by atoms with Crippen LogP contribution < -0.4 is 5.32 Å². The van der Waals surface area contributed by atoms with Crippen LogP contribution in [-0.4, -0.2) is 47.2 Å². The van der Waals surface area contributed by atoms with Crippen LogP contribution in [0.3, 0.4) is 0 Å². The van der Waals surface area contributed by atoms with Crippen molar-refractivity contribution in [3.63, 3.8) is 0 Å². The molecule has 0 aromatic heterocycles. The van der Waals surface area contributed by atoms with E-state index in [1.807, 2.05) is 6.92 Å². The Morgan fingerprint density at radius 3 is 2.55 bits per heavy atom. The molecular formula is C18H28N2O2. The minimum absolute atomic E-state index is 0.162.